The molecule has 3 rings (SSSR count). The normalized spacial score (nSPS) is 19.4. The lowest BCUT2D eigenvalue weighted by Crippen LogP contribution is -2.47. The second kappa shape index (κ2) is 12.0. The molecule has 1 aliphatic rings. The molecule has 2 aromatic heterocycles. The molecule has 2 N–H and O–H groups in total. The summed E-state index contributed by atoms with van der Waals surface area (Å²) in [5, 5.41) is 11.4. The number of nitrogens with zero attached hydrogens (tertiary/aromatic N) is 4. The Balaban J connectivity index is 0.00000363. The van der Waals surface area contributed by atoms with E-state index < -0.39 is 0 Å². The highest BCUT2D eigenvalue weighted by Crippen LogP contribution is 2.33. The van der Waals surface area contributed by atoms with Gasteiger partial charge in [-0.3, -0.25) is 0 Å². The summed E-state index contributed by atoms with van der Waals surface area (Å²) in [5.74, 6) is 2.15. The zero-order valence-electron chi connectivity index (χ0n) is 20.3. The van der Waals surface area contributed by atoms with Gasteiger partial charge in [-0.1, -0.05) is 26.8 Å². The average Bonchev–Trinajstić information content (AvgIpc) is 3.08. The van der Waals surface area contributed by atoms with Crippen LogP contribution in [-0.4, -0.2) is 46.5 Å². The number of halogens is 1. The predicted molar refractivity (Wildman–Crippen MR) is 141 cm³/mol. The molecular weight excluding hydrogens is 515 g/mol. The highest BCUT2D eigenvalue weighted by molar-refractivity contribution is 14.0. The van der Waals surface area contributed by atoms with Crippen LogP contribution in [-0.2, 0) is 11.3 Å². The zero-order valence-corrected chi connectivity index (χ0v) is 22.6. The quantitative estimate of drug-likeness (QED) is 0.315. The van der Waals surface area contributed by atoms with Gasteiger partial charge in [-0.15, -0.1) is 24.0 Å². The molecule has 7 nitrogen and oxygen atoms in total. The number of pyridine rings is 1. The van der Waals surface area contributed by atoms with Crippen LogP contribution in [0.25, 0.3) is 5.82 Å². The molecule has 0 radical (unpaired) electrons. The molecule has 2 atom stereocenters. The van der Waals surface area contributed by atoms with E-state index in [4.69, 9.17) is 9.73 Å². The monoisotopic (exact) mass is 554 g/mol. The van der Waals surface area contributed by atoms with Gasteiger partial charge in [0, 0.05) is 37.5 Å². The van der Waals surface area contributed by atoms with Gasteiger partial charge in [-0.25, -0.2) is 14.7 Å². The van der Waals surface area contributed by atoms with Gasteiger partial charge >= 0.3 is 0 Å². The number of rotatable bonds is 6. The third kappa shape index (κ3) is 7.16. The summed E-state index contributed by atoms with van der Waals surface area (Å²) in [5.41, 5.74) is 3.28. The number of guanidine groups is 1. The fourth-order valence-corrected chi connectivity index (χ4v) is 4.25. The third-order valence-electron chi connectivity index (χ3n) is 5.63. The Bertz CT molecular complexity index is 872. The first-order valence-corrected chi connectivity index (χ1v) is 11.4. The third-order valence-corrected chi connectivity index (χ3v) is 5.63. The lowest BCUT2D eigenvalue weighted by Gasteiger charge is -2.40. The first-order chi connectivity index (χ1) is 14.8. The molecule has 32 heavy (non-hydrogen) atoms. The predicted octanol–water partition coefficient (Wildman–Crippen LogP) is 4.40. The van der Waals surface area contributed by atoms with Gasteiger partial charge in [0.05, 0.1) is 18.3 Å². The van der Waals surface area contributed by atoms with E-state index in [9.17, 15) is 0 Å². The van der Waals surface area contributed by atoms with Crippen molar-refractivity contribution in [2.24, 2.45) is 16.3 Å². The van der Waals surface area contributed by atoms with E-state index >= 15 is 0 Å². The van der Waals surface area contributed by atoms with Crippen molar-refractivity contribution in [2.75, 3.05) is 19.7 Å². The van der Waals surface area contributed by atoms with E-state index in [2.05, 4.69) is 60.5 Å². The molecule has 1 saturated heterocycles. The van der Waals surface area contributed by atoms with Crippen molar-refractivity contribution in [2.45, 2.75) is 67.0 Å². The summed E-state index contributed by atoms with van der Waals surface area (Å²) in [6, 6.07) is 6.12. The Labute approximate surface area is 209 Å². The molecule has 0 amide bonds. The highest BCUT2D eigenvalue weighted by atomic mass is 127. The van der Waals surface area contributed by atoms with Crippen LogP contribution in [0.15, 0.2) is 29.4 Å². The van der Waals surface area contributed by atoms with E-state index in [1.807, 2.05) is 30.8 Å². The zero-order chi connectivity index (χ0) is 22.4. The van der Waals surface area contributed by atoms with Crippen molar-refractivity contribution in [3.8, 4) is 5.82 Å². The number of aromatic nitrogens is 3. The summed E-state index contributed by atoms with van der Waals surface area (Å²) in [7, 11) is 0. The Morgan fingerprint density at radius 2 is 2.03 bits per heavy atom. The van der Waals surface area contributed by atoms with Crippen LogP contribution < -0.4 is 10.6 Å². The van der Waals surface area contributed by atoms with Crippen LogP contribution in [0.4, 0.5) is 0 Å². The van der Waals surface area contributed by atoms with Gasteiger partial charge in [0.25, 0.3) is 0 Å². The molecule has 1 aliphatic heterocycles. The van der Waals surface area contributed by atoms with Crippen LogP contribution >= 0.6 is 24.0 Å². The standard InChI is InChI=1S/C24H38N6O.HI/c1-7-25-23(28-16-20-9-8-12-31-22(20)24(4,5)6)27-15-19-10-11-21(26-14-19)30-18(3)13-17(2)29-30;/h10-11,13-14,20,22H,7-9,12,15-16H2,1-6H3,(H2,25,27,28);1H. The second-order valence-electron chi connectivity index (χ2n) is 9.50. The maximum Gasteiger partial charge on any atom is 0.191 e. The largest absolute Gasteiger partial charge is 0.377 e. The summed E-state index contributed by atoms with van der Waals surface area (Å²) >= 11 is 0. The Morgan fingerprint density at radius 1 is 1.25 bits per heavy atom. The maximum absolute atomic E-state index is 6.12. The summed E-state index contributed by atoms with van der Waals surface area (Å²) in [6.07, 6.45) is 4.46. The molecule has 0 aliphatic carbocycles. The van der Waals surface area contributed by atoms with E-state index in [1.165, 1.54) is 6.42 Å². The van der Waals surface area contributed by atoms with E-state index in [-0.39, 0.29) is 35.5 Å². The topological polar surface area (TPSA) is 76.4 Å². The van der Waals surface area contributed by atoms with Crippen molar-refractivity contribution < 1.29 is 4.74 Å². The molecule has 2 aromatic rings. The maximum atomic E-state index is 6.12. The number of aryl methyl sites for hydroxylation is 2. The number of hydrogen-bond acceptors (Lipinski definition) is 4. The highest BCUT2D eigenvalue weighted by Gasteiger charge is 2.35. The second-order valence-corrected chi connectivity index (χ2v) is 9.50. The van der Waals surface area contributed by atoms with Crippen molar-refractivity contribution in [3.63, 3.8) is 0 Å². The van der Waals surface area contributed by atoms with Gasteiger partial charge in [0.15, 0.2) is 11.8 Å². The van der Waals surface area contributed by atoms with Crippen LogP contribution in [0, 0.1) is 25.2 Å². The molecular formula is C24H39IN6O. The lowest BCUT2D eigenvalue weighted by molar-refractivity contribution is -0.0835. The van der Waals surface area contributed by atoms with Gasteiger partial charge < -0.3 is 15.4 Å². The Kier molecular flexibility index (Phi) is 9.94. The first kappa shape index (κ1) is 26.6. The molecule has 2 unspecified atom stereocenters. The van der Waals surface area contributed by atoms with Crippen molar-refractivity contribution in [3.05, 3.63) is 41.3 Å². The Hall–Kier alpha value is -1.68. The van der Waals surface area contributed by atoms with Gasteiger partial charge in [-0.05, 0) is 56.7 Å². The smallest absolute Gasteiger partial charge is 0.191 e. The molecule has 8 heteroatoms. The van der Waals surface area contributed by atoms with Gasteiger partial charge in [0.2, 0.25) is 0 Å². The molecule has 0 saturated carbocycles. The summed E-state index contributed by atoms with van der Waals surface area (Å²) in [6.45, 7) is 16.0. The van der Waals surface area contributed by atoms with Crippen molar-refractivity contribution in [1.82, 2.24) is 25.4 Å². The lowest BCUT2D eigenvalue weighted by atomic mass is 9.78. The van der Waals surface area contributed by atoms with E-state index in [0.29, 0.717) is 12.5 Å². The van der Waals surface area contributed by atoms with Gasteiger partial charge in [-0.2, -0.15) is 5.10 Å². The number of aliphatic imine (C=N–C) groups is 1. The van der Waals surface area contributed by atoms with E-state index in [0.717, 1.165) is 54.8 Å². The fraction of sp³-hybridized carbons (Fsp3) is 0.625. The van der Waals surface area contributed by atoms with Gasteiger partial charge in [0.1, 0.15) is 0 Å². The minimum absolute atomic E-state index is 0. The molecule has 3 heterocycles. The molecule has 0 bridgehead atoms. The van der Waals surface area contributed by atoms with Crippen molar-refractivity contribution in [1.29, 1.82) is 0 Å². The molecule has 178 valence electrons. The average molecular weight is 555 g/mol. The van der Waals surface area contributed by atoms with Crippen molar-refractivity contribution >= 4 is 29.9 Å². The summed E-state index contributed by atoms with van der Waals surface area (Å²) < 4.78 is 7.99. The SMILES string of the molecule is CCNC(=NCc1ccc(-n2nc(C)cc2C)nc1)NCC1CCCOC1C(C)(C)C.I. The molecule has 0 spiro atoms. The molecule has 1 fully saturated rings. The number of ether oxygens (including phenoxy) is 1. The van der Waals surface area contributed by atoms with Crippen LogP contribution in [0.3, 0.4) is 0 Å². The van der Waals surface area contributed by atoms with Crippen LogP contribution in [0.5, 0.6) is 0 Å². The van der Waals surface area contributed by atoms with Crippen LogP contribution in [0.1, 0.15) is 57.5 Å². The number of nitrogens with one attached hydrogen (secondary N) is 2. The Morgan fingerprint density at radius 3 is 2.62 bits per heavy atom. The first-order valence-electron chi connectivity index (χ1n) is 11.4. The van der Waals surface area contributed by atoms with Crippen LogP contribution in [0.2, 0.25) is 0 Å². The number of hydrogen-bond donors (Lipinski definition) is 2. The summed E-state index contributed by atoms with van der Waals surface area (Å²) in [4.78, 5) is 9.35. The van der Waals surface area contributed by atoms with E-state index in [1.54, 1.807) is 0 Å². The minimum Gasteiger partial charge on any atom is -0.377 e. The molecule has 0 aromatic carbocycles. The fourth-order valence-electron chi connectivity index (χ4n) is 4.25. The minimum atomic E-state index is 0.